The Hall–Kier alpha value is -2.71. The SMILES string of the molecule is O=C(OCc1ccc(Sc2ccc(NC3=NCCN3)cc2)cc1)N1CCOCC1. The molecule has 2 aromatic rings. The van der Waals surface area contributed by atoms with Gasteiger partial charge in [0.05, 0.1) is 19.8 Å². The molecule has 0 radical (unpaired) electrons. The van der Waals surface area contributed by atoms with E-state index in [1.54, 1.807) is 16.7 Å². The van der Waals surface area contributed by atoms with Crippen molar-refractivity contribution in [1.29, 1.82) is 0 Å². The van der Waals surface area contributed by atoms with Crippen LogP contribution in [0.25, 0.3) is 0 Å². The number of nitrogens with one attached hydrogen (secondary N) is 2. The third-order valence-electron chi connectivity index (χ3n) is 4.58. The molecule has 4 rings (SSSR count). The minimum Gasteiger partial charge on any atom is -0.445 e. The number of rotatable bonds is 5. The zero-order valence-electron chi connectivity index (χ0n) is 16.1. The number of morpholine rings is 1. The highest BCUT2D eigenvalue weighted by Crippen LogP contribution is 2.29. The van der Waals surface area contributed by atoms with Gasteiger partial charge in [0.25, 0.3) is 0 Å². The summed E-state index contributed by atoms with van der Waals surface area (Å²) in [5.74, 6) is 0.829. The van der Waals surface area contributed by atoms with Crippen molar-refractivity contribution in [2.45, 2.75) is 16.4 Å². The summed E-state index contributed by atoms with van der Waals surface area (Å²) in [6.45, 7) is 4.31. The van der Waals surface area contributed by atoms with Crippen molar-refractivity contribution in [3.05, 3.63) is 54.1 Å². The Morgan fingerprint density at radius 1 is 1.10 bits per heavy atom. The Bertz CT molecular complexity index is 849. The van der Waals surface area contributed by atoms with E-state index in [-0.39, 0.29) is 12.7 Å². The molecular formula is C21H24N4O3S. The maximum absolute atomic E-state index is 12.0. The second kappa shape index (κ2) is 9.67. The van der Waals surface area contributed by atoms with Crippen LogP contribution in [0.4, 0.5) is 10.5 Å². The molecule has 1 amide bonds. The quantitative estimate of drug-likeness (QED) is 0.786. The van der Waals surface area contributed by atoms with Gasteiger partial charge < -0.3 is 25.0 Å². The zero-order chi connectivity index (χ0) is 19.9. The van der Waals surface area contributed by atoms with Crippen LogP contribution in [0, 0.1) is 0 Å². The van der Waals surface area contributed by atoms with Gasteiger partial charge >= 0.3 is 6.09 Å². The number of ether oxygens (including phenoxy) is 2. The molecule has 0 spiro atoms. The molecule has 0 unspecified atom stereocenters. The molecule has 0 bridgehead atoms. The average molecular weight is 413 g/mol. The fraction of sp³-hybridized carbons (Fsp3) is 0.333. The molecular weight excluding hydrogens is 388 g/mol. The van der Waals surface area contributed by atoms with E-state index < -0.39 is 0 Å². The Morgan fingerprint density at radius 2 is 1.79 bits per heavy atom. The summed E-state index contributed by atoms with van der Waals surface area (Å²) in [4.78, 5) is 20.3. The van der Waals surface area contributed by atoms with Crippen molar-refractivity contribution >= 4 is 29.5 Å². The van der Waals surface area contributed by atoms with Crippen molar-refractivity contribution in [2.24, 2.45) is 4.99 Å². The number of carbonyl (C=O) groups excluding carboxylic acids is 1. The highest BCUT2D eigenvalue weighted by Gasteiger charge is 2.17. The number of aliphatic imine (C=N–C) groups is 1. The number of guanidine groups is 1. The van der Waals surface area contributed by atoms with Crippen LogP contribution in [-0.4, -0.2) is 56.3 Å². The molecule has 2 aromatic carbocycles. The summed E-state index contributed by atoms with van der Waals surface area (Å²) in [6.07, 6.45) is -0.279. The van der Waals surface area contributed by atoms with E-state index in [0.717, 1.165) is 40.1 Å². The summed E-state index contributed by atoms with van der Waals surface area (Å²) in [7, 11) is 0. The lowest BCUT2D eigenvalue weighted by molar-refractivity contribution is 0.0249. The molecule has 0 aliphatic carbocycles. The molecule has 0 saturated carbocycles. The number of amides is 1. The Kier molecular flexibility index (Phi) is 6.53. The largest absolute Gasteiger partial charge is 0.445 e. The third-order valence-corrected chi connectivity index (χ3v) is 5.60. The van der Waals surface area contributed by atoms with E-state index in [4.69, 9.17) is 9.47 Å². The molecule has 1 fully saturated rings. The summed E-state index contributed by atoms with van der Waals surface area (Å²) in [5, 5.41) is 6.46. The van der Waals surface area contributed by atoms with Gasteiger partial charge in [-0.2, -0.15) is 0 Å². The number of benzene rings is 2. The summed E-state index contributed by atoms with van der Waals surface area (Å²) < 4.78 is 10.6. The standard InChI is InChI=1S/C21H24N4O3S/c26-21(25-11-13-27-14-12-25)28-15-16-1-5-18(6-2-16)29-19-7-3-17(4-8-19)24-20-22-9-10-23-20/h1-8H,9-15H2,(H2,22,23,24). The Morgan fingerprint density at radius 3 is 2.45 bits per heavy atom. The first kappa shape index (κ1) is 19.6. The van der Waals surface area contributed by atoms with Gasteiger partial charge in [0, 0.05) is 35.1 Å². The number of nitrogens with zero attached hydrogens (tertiary/aromatic N) is 2. The smallest absolute Gasteiger partial charge is 0.410 e. The molecule has 2 aliphatic rings. The van der Waals surface area contributed by atoms with E-state index in [1.165, 1.54) is 0 Å². The van der Waals surface area contributed by atoms with Gasteiger partial charge in [0.2, 0.25) is 0 Å². The number of hydrogen-bond acceptors (Lipinski definition) is 7. The third kappa shape index (κ3) is 5.65. The summed E-state index contributed by atoms with van der Waals surface area (Å²) in [5.41, 5.74) is 1.99. The average Bonchev–Trinajstić information content (AvgIpc) is 3.28. The van der Waals surface area contributed by atoms with Crippen LogP contribution in [0.1, 0.15) is 5.56 Å². The van der Waals surface area contributed by atoms with Crippen LogP contribution in [0.5, 0.6) is 0 Å². The lowest BCUT2D eigenvalue weighted by Gasteiger charge is -2.25. The molecule has 2 N–H and O–H groups in total. The van der Waals surface area contributed by atoms with Crippen LogP contribution < -0.4 is 10.6 Å². The molecule has 8 heteroatoms. The predicted molar refractivity (Wildman–Crippen MR) is 114 cm³/mol. The molecule has 1 saturated heterocycles. The monoisotopic (exact) mass is 412 g/mol. The predicted octanol–water partition coefficient (Wildman–Crippen LogP) is 3.18. The van der Waals surface area contributed by atoms with Crippen molar-refractivity contribution in [3.63, 3.8) is 0 Å². The molecule has 2 aliphatic heterocycles. The zero-order valence-corrected chi connectivity index (χ0v) is 16.9. The maximum Gasteiger partial charge on any atom is 0.410 e. The number of anilines is 1. The Balaban J connectivity index is 1.26. The lowest BCUT2D eigenvalue weighted by atomic mass is 10.2. The molecule has 152 valence electrons. The maximum atomic E-state index is 12.0. The minimum absolute atomic E-state index is 0.277. The molecule has 0 atom stereocenters. The van der Waals surface area contributed by atoms with E-state index in [0.29, 0.717) is 26.3 Å². The highest BCUT2D eigenvalue weighted by molar-refractivity contribution is 7.99. The lowest BCUT2D eigenvalue weighted by Crippen LogP contribution is -2.40. The summed E-state index contributed by atoms with van der Waals surface area (Å²) in [6, 6.07) is 16.3. The van der Waals surface area contributed by atoms with Gasteiger partial charge in [0.1, 0.15) is 6.61 Å². The molecule has 7 nitrogen and oxygen atoms in total. The topological polar surface area (TPSA) is 75.2 Å². The number of carbonyl (C=O) groups is 1. The fourth-order valence-electron chi connectivity index (χ4n) is 3.00. The van der Waals surface area contributed by atoms with Crippen molar-refractivity contribution in [1.82, 2.24) is 10.2 Å². The van der Waals surface area contributed by atoms with Crippen LogP contribution >= 0.6 is 11.8 Å². The van der Waals surface area contributed by atoms with Gasteiger partial charge in [0.15, 0.2) is 5.96 Å². The summed E-state index contributed by atoms with van der Waals surface area (Å²) >= 11 is 1.69. The fourth-order valence-corrected chi connectivity index (χ4v) is 3.81. The van der Waals surface area contributed by atoms with E-state index >= 15 is 0 Å². The van der Waals surface area contributed by atoms with E-state index in [2.05, 4.69) is 27.8 Å². The Labute approximate surface area is 174 Å². The van der Waals surface area contributed by atoms with Crippen LogP contribution in [0.15, 0.2) is 63.3 Å². The molecule has 2 heterocycles. The highest BCUT2D eigenvalue weighted by atomic mass is 32.2. The van der Waals surface area contributed by atoms with Gasteiger partial charge in [-0.25, -0.2) is 4.79 Å². The second-order valence-electron chi connectivity index (χ2n) is 6.71. The first-order chi connectivity index (χ1) is 14.3. The second-order valence-corrected chi connectivity index (χ2v) is 7.85. The van der Waals surface area contributed by atoms with Gasteiger partial charge in [-0.1, -0.05) is 23.9 Å². The van der Waals surface area contributed by atoms with Gasteiger partial charge in [-0.3, -0.25) is 4.99 Å². The van der Waals surface area contributed by atoms with Crippen molar-refractivity contribution in [2.75, 3.05) is 44.7 Å². The van der Waals surface area contributed by atoms with Crippen molar-refractivity contribution in [3.8, 4) is 0 Å². The van der Waals surface area contributed by atoms with Gasteiger partial charge in [-0.15, -0.1) is 0 Å². The van der Waals surface area contributed by atoms with Gasteiger partial charge in [-0.05, 0) is 42.0 Å². The molecule has 0 aromatic heterocycles. The number of hydrogen-bond donors (Lipinski definition) is 2. The first-order valence-electron chi connectivity index (χ1n) is 9.68. The van der Waals surface area contributed by atoms with E-state index in [9.17, 15) is 4.79 Å². The van der Waals surface area contributed by atoms with Crippen LogP contribution in [0.3, 0.4) is 0 Å². The van der Waals surface area contributed by atoms with E-state index in [1.807, 2.05) is 36.4 Å². The normalized spacial score (nSPS) is 16.1. The molecule has 29 heavy (non-hydrogen) atoms. The minimum atomic E-state index is -0.279. The van der Waals surface area contributed by atoms with Crippen molar-refractivity contribution < 1.29 is 14.3 Å². The first-order valence-corrected chi connectivity index (χ1v) is 10.5. The van der Waals surface area contributed by atoms with Crippen LogP contribution in [-0.2, 0) is 16.1 Å². The van der Waals surface area contributed by atoms with Crippen LogP contribution in [0.2, 0.25) is 0 Å².